The lowest BCUT2D eigenvalue weighted by molar-refractivity contribution is -0.140. The van der Waals surface area contributed by atoms with Crippen molar-refractivity contribution in [2.24, 2.45) is 0 Å². The summed E-state index contributed by atoms with van der Waals surface area (Å²) in [5.41, 5.74) is 1.03. The molecular weight excluding hydrogens is 310 g/mol. The van der Waals surface area contributed by atoms with E-state index in [0.717, 1.165) is 22.6 Å². The number of thioether (sulfide) groups is 1. The van der Waals surface area contributed by atoms with Crippen molar-refractivity contribution in [1.82, 2.24) is 4.72 Å². The third-order valence-electron chi connectivity index (χ3n) is 3.30. The summed E-state index contributed by atoms with van der Waals surface area (Å²) >= 11 is 1.75. The maximum absolute atomic E-state index is 12.1. The molecule has 0 saturated heterocycles. The van der Waals surface area contributed by atoms with E-state index in [0.29, 0.717) is 0 Å². The number of carbonyl (C=O) groups excluding carboxylic acids is 1. The molecule has 0 amide bonds. The van der Waals surface area contributed by atoms with E-state index < -0.39 is 10.0 Å². The fourth-order valence-corrected chi connectivity index (χ4v) is 4.69. The van der Waals surface area contributed by atoms with E-state index in [4.69, 9.17) is 0 Å². The second-order valence-electron chi connectivity index (χ2n) is 4.84. The van der Waals surface area contributed by atoms with Crippen LogP contribution in [0.4, 0.5) is 0 Å². The number of hydrogen-bond acceptors (Lipinski definition) is 5. The molecular formula is C14H19NO4S2. The first-order chi connectivity index (χ1) is 10.0. The number of nitrogens with one attached hydrogen (secondary N) is 1. The molecule has 0 radical (unpaired) electrons. The molecule has 0 bridgehead atoms. The van der Waals surface area contributed by atoms with Gasteiger partial charge in [-0.2, -0.15) is 0 Å². The first-order valence-corrected chi connectivity index (χ1v) is 9.44. The van der Waals surface area contributed by atoms with Crippen LogP contribution in [-0.4, -0.2) is 33.0 Å². The molecule has 1 heterocycles. The van der Waals surface area contributed by atoms with Crippen LogP contribution in [0, 0.1) is 0 Å². The fourth-order valence-electron chi connectivity index (χ4n) is 2.25. The highest BCUT2D eigenvalue weighted by Crippen LogP contribution is 2.36. The van der Waals surface area contributed by atoms with Gasteiger partial charge in [0.2, 0.25) is 10.0 Å². The largest absolute Gasteiger partial charge is 0.469 e. The Morgan fingerprint density at radius 2 is 2.19 bits per heavy atom. The molecule has 0 fully saturated rings. The number of carbonyl (C=O) groups is 1. The van der Waals surface area contributed by atoms with Gasteiger partial charge in [-0.1, -0.05) is 18.2 Å². The number of fused-ring (bicyclic) bond motifs is 1. The Kier molecular flexibility index (Phi) is 5.66. The predicted octanol–water partition coefficient (Wildman–Crippen LogP) is 2.10. The fraction of sp³-hybridized carbons (Fsp3) is 0.500. The van der Waals surface area contributed by atoms with Crippen LogP contribution in [0.3, 0.4) is 0 Å². The van der Waals surface area contributed by atoms with Crippen molar-refractivity contribution in [2.75, 3.05) is 18.6 Å². The number of rotatable bonds is 6. The summed E-state index contributed by atoms with van der Waals surface area (Å²) in [7, 11) is -2.10. The first kappa shape index (κ1) is 16.3. The standard InChI is InChI=1S/C14H19NO4S2/c1-19-14(16)7-4-10-21(17,18)15-12-8-9-20-13-6-3-2-5-11(12)13/h2-3,5-6,12,15H,4,7-10H2,1H3. The van der Waals surface area contributed by atoms with E-state index in [1.54, 1.807) is 11.8 Å². The maximum atomic E-state index is 12.1. The van der Waals surface area contributed by atoms with Crippen molar-refractivity contribution in [1.29, 1.82) is 0 Å². The molecule has 0 spiro atoms. The van der Waals surface area contributed by atoms with Gasteiger partial charge in [0.25, 0.3) is 0 Å². The third-order valence-corrected chi connectivity index (χ3v) is 5.89. The summed E-state index contributed by atoms with van der Waals surface area (Å²) in [6.07, 6.45) is 1.16. The highest BCUT2D eigenvalue weighted by Gasteiger charge is 2.24. The molecule has 5 nitrogen and oxygen atoms in total. The smallest absolute Gasteiger partial charge is 0.305 e. The molecule has 1 aromatic rings. The van der Waals surface area contributed by atoms with E-state index in [-0.39, 0.29) is 30.6 Å². The van der Waals surface area contributed by atoms with Gasteiger partial charge in [0.05, 0.1) is 12.9 Å². The lowest BCUT2D eigenvalue weighted by Crippen LogP contribution is -2.32. The summed E-state index contributed by atoms with van der Waals surface area (Å²) in [5, 5.41) is 0. The quantitative estimate of drug-likeness (QED) is 0.809. The normalized spacial score (nSPS) is 18.0. The second kappa shape index (κ2) is 7.29. The van der Waals surface area contributed by atoms with Crippen LogP contribution in [0.25, 0.3) is 0 Å². The number of benzene rings is 1. The molecule has 0 aliphatic carbocycles. The van der Waals surface area contributed by atoms with Crippen LogP contribution in [0.15, 0.2) is 29.2 Å². The molecule has 1 aliphatic heterocycles. The van der Waals surface area contributed by atoms with Crippen molar-refractivity contribution >= 4 is 27.8 Å². The molecule has 116 valence electrons. The zero-order valence-electron chi connectivity index (χ0n) is 11.9. The molecule has 0 saturated carbocycles. The molecule has 1 aliphatic rings. The minimum Gasteiger partial charge on any atom is -0.469 e. The Morgan fingerprint density at radius 1 is 1.43 bits per heavy atom. The lowest BCUT2D eigenvalue weighted by atomic mass is 10.1. The van der Waals surface area contributed by atoms with Gasteiger partial charge in [-0.15, -0.1) is 11.8 Å². The Bertz CT molecular complexity index is 601. The number of esters is 1. The van der Waals surface area contributed by atoms with Crippen molar-refractivity contribution in [3.63, 3.8) is 0 Å². The van der Waals surface area contributed by atoms with Crippen molar-refractivity contribution in [3.8, 4) is 0 Å². The first-order valence-electron chi connectivity index (χ1n) is 6.80. The topological polar surface area (TPSA) is 72.5 Å². The van der Waals surface area contributed by atoms with E-state index in [2.05, 4.69) is 9.46 Å². The van der Waals surface area contributed by atoms with Crippen molar-refractivity contribution < 1.29 is 17.9 Å². The van der Waals surface area contributed by atoms with E-state index in [9.17, 15) is 13.2 Å². The average Bonchev–Trinajstić information content (AvgIpc) is 2.47. The number of hydrogen-bond donors (Lipinski definition) is 1. The second-order valence-corrected chi connectivity index (χ2v) is 7.85. The van der Waals surface area contributed by atoms with Gasteiger partial charge >= 0.3 is 5.97 Å². The van der Waals surface area contributed by atoms with Crippen LogP contribution < -0.4 is 4.72 Å². The van der Waals surface area contributed by atoms with Gasteiger partial charge in [0.15, 0.2) is 0 Å². The summed E-state index contributed by atoms with van der Waals surface area (Å²) in [6, 6.07) is 7.67. The molecule has 0 aromatic heterocycles. The highest BCUT2D eigenvalue weighted by molar-refractivity contribution is 7.99. The number of ether oxygens (including phenoxy) is 1. The van der Waals surface area contributed by atoms with Gasteiger partial charge in [-0.25, -0.2) is 13.1 Å². The summed E-state index contributed by atoms with van der Waals surface area (Å²) < 4.78 is 31.5. The van der Waals surface area contributed by atoms with Gasteiger partial charge < -0.3 is 4.74 Å². The predicted molar refractivity (Wildman–Crippen MR) is 82.7 cm³/mol. The van der Waals surface area contributed by atoms with E-state index in [1.807, 2.05) is 24.3 Å². The molecule has 1 atom stereocenters. The van der Waals surface area contributed by atoms with E-state index >= 15 is 0 Å². The molecule has 2 rings (SSSR count). The number of methoxy groups -OCH3 is 1. The third kappa shape index (κ3) is 4.72. The lowest BCUT2D eigenvalue weighted by Gasteiger charge is -2.25. The molecule has 1 N–H and O–H groups in total. The molecule has 7 heteroatoms. The van der Waals surface area contributed by atoms with Crippen molar-refractivity contribution in [3.05, 3.63) is 29.8 Å². The van der Waals surface area contributed by atoms with Crippen molar-refractivity contribution in [2.45, 2.75) is 30.2 Å². The minimum absolute atomic E-state index is 0.0616. The molecule has 21 heavy (non-hydrogen) atoms. The van der Waals surface area contributed by atoms with Crippen LogP contribution in [0.2, 0.25) is 0 Å². The molecule has 1 unspecified atom stereocenters. The molecule has 1 aromatic carbocycles. The average molecular weight is 329 g/mol. The summed E-state index contributed by atoms with van der Waals surface area (Å²) in [6.45, 7) is 0. The van der Waals surface area contributed by atoms with Gasteiger partial charge in [-0.05, 0) is 30.2 Å². The Balaban J connectivity index is 1.96. The Labute approximate surface area is 129 Å². The zero-order chi connectivity index (χ0) is 15.3. The minimum atomic E-state index is -3.39. The number of sulfonamides is 1. The highest BCUT2D eigenvalue weighted by atomic mass is 32.2. The maximum Gasteiger partial charge on any atom is 0.305 e. The Hall–Kier alpha value is -1.05. The van der Waals surface area contributed by atoms with Gasteiger partial charge in [-0.3, -0.25) is 4.79 Å². The summed E-state index contributed by atoms with van der Waals surface area (Å²) in [4.78, 5) is 12.1. The van der Waals surface area contributed by atoms with Crippen LogP contribution in [0.1, 0.15) is 30.9 Å². The Morgan fingerprint density at radius 3 is 2.95 bits per heavy atom. The summed E-state index contributed by atoms with van der Waals surface area (Å²) in [5.74, 6) is 0.449. The van der Waals surface area contributed by atoms with Gasteiger partial charge in [0, 0.05) is 17.4 Å². The van der Waals surface area contributed by atoms with Gasteiger partial charge in [0.1, 0.15) is 0 Å². The van der Waals surface area contributed by atoms with Crippen LogP contribution in [0.5, 0.6) is 0 Å². The van der Waals surface area contributed by atoms with Crippen LogP contribution >= 0.6 is 11.8 Å². The SMILES string of the molecule is COC(=O)CCCS(=O)(=O)NC1CCSc2ccccc21. The monoisotopic (exact) mass is 329 g/mol. The zero-order valence-corrected chi connectivity index (χ0v) is 13.5. The van der Waals surface area contributed by atoms with E-state index in [1.165, 1.54) is 7.11 Å². The van der Waals surface area contributed by atoms with Crippen LogP contribution in [-0.2, 0) is 19.6 Å².